The fourth-order valence-corrected chi connectivity index (χ4v) is 4.54. The second kappa shape index (κ2) is 8.99. The summed E-state index contributed by atoms with van der Waals surface area (Å²) in [5.41, 5.74) is 1.08. The van der Waals surface area contributed by atoms with E-state index in [1.807, 2.05) is 6.07 Å². The number of nitrogens with zero attached hydrogens (tertiary/aromatic N) is 2. The van der Waals surface area contributed by atoms with Gasteiger partial charge in [-0.15, -0.1) is 0 Å². The predicted molar refractivity (Wildman–Crippen MR) is 127 cm³/mol. The molecule has 0 radical (unpaired) electrons. The van der Waals surface area contributed by atoms with E-state index in [0.29, 0.717) is 11.4 Å². The smallest absolute Gasteiger partial charge is 0.295 e. The molecular weight excluding hydrogens is 459 g/mol. The van der Waals surface area contributed by atoms with Gasteiger partial charge in [-0.3, -0.25) is 19.0 Å². The predicted octanol–water partition coefficient (Wildman–Crippen LogP) is 3.68. The fourth-order valence-electron chi connectivity index (χ4n) is 3.43. The van der Waals surface area contributed by atoms with Crippen LogP contribution in [0, 0.1) is 12.7 Å². The Morgan fingerprint density at radius 1 is 0.941 bits per heavy atom. The van der Waals surface area contributed by atoms with Crippen molar-refractivity contribution in [3.05, 3.63) is 106 Å². The fraction of sp³-hybridized carbons (Fsp3) is 0.0833. The zero-order valence-corrected chi connectivity index (χ0v) is 19.1. The van der Waals surface area contributed by atoms with Crippen molar-refractivity contribution in [2.75, 3.05) is 10.0 Å². The summed E-state index contributed by atoms with van der Waals surface area (Å²) >= 11 is 0. The topological polar surface area (TPSA) is 102 Å². The molecule has 0 saturated heterocycles. The number of para-hydroxylation sites is 1. The third-order valence-corrected chi connectivity index (χ3v) is 6.67. The molecule has 0 atom stereocenters. The van der Waals surface area contributed by atoms with Gasteiger partial charge in [-0.2, -0.15) is 0 Å². The van der Waals surface area contributed by atoms with E-state index in [1.54, 1.807) is 42.9 Å². The summed E-state index contributed by atoms with van der Waals surface area (Å²) in [6.07, 6.45) is 0. The van der Waals surface area contributed by atoms with Crippen molar-refractivity contribution in [2.24, 2.45) is 7.05 Å². The molecule has 174 valence electrons. The van der Waals surface area contributed by atoms with E-state index in [9.17, 15) is 22.4 Å². The van der Waals surface area contributed by atoms with Gasteiger partial charge in [0.15, 0.2) is 0 Å². The van der Waals surface area contributed by atoms with Gasteiger partial charge in [0.2, 0.25) is 0 Å². The minimum atomic E-state index is -4.03. The van der Waals surface area contributed by atoms with Crippen LogP contribution in [0.25, 0.3) is 5.69 Å². The average Bonchev–Trinajstić information content (AvgIpc) is 3.04. The highest BCUT2D eigenvalue weighted by atomic mass is 32.2. The first-order valence-electron chi connectivity index (χ1n) is 10.2. The number of hydrogen-bond donors (Lipinski definition) is 2. The van der Waals surface area contributed by atoms with Gasteiger partial charge in [-0.25, -0.2) is 17.5 Å². The standard InChI is InChI=1S/C24H21FN4O4S/c1-16-22(24(31)29(28(16)2)20-8-4-3-5-9-20)26-23(30)17-7-6-10-21(15-17)34(32,33)27-19-13-11-18(25)12-14-19/h3-15,27H,1-2H3,(H,26,30). The number of aromatic nitrogens is 2. The molecule has 3 aromatic carbocycles. The normalized spacial score (nSPS) is 11.3. The molecule has 0 aliphatic heterocycles. The first-order valence-corrected chi connectivity index (χ1v) is 11.7. The zero-order chi connectivity index (χ0) is 24.5. The molecule has 8 nitrogen and oxygen atoms in total. The molecule has 10 heteroatoms. The largest absolute Gasteiger partial charge is 0.316 e. The number of anilines is 2. The van der Waals surface area contributed by atoms with E-state index >= 15 is 0 Å². The second-order valence-corrected chi connectivity index (χ2v) is 9.21. The molecule has 1 heterocycles. The Bertz CT molecular complexity index is 1530. The van der Waals surface area contributed by atoms with Crippen LogP contribution in [0.15, 0.2) is 88.6 Å². The molecule has 4 aromatic rings. The summed E-state index contributed by atoms with van der Waals surface area (Å²) in [5.74, 6) is -1.13. The van der Waals surface area contributed by atoms with Crippen LogP contribution in [0.5, 0.6) is 0 Å². The first-order chi connectivity index (χ1) is 16.2. The number of carbonyl (C=O) groups excluding carboxylic acids is 1. The number of rotatable bonds is 6. The number of nitrogens with one attached hydrogen (secondary N) is 2. The molecule has 0 fully saturated rings. The Morgan fingerprint density at radius 3 is 2.29 bits per heavy atom. The number of hydrogen-bond acceptors (Lipinski definition) is 4. The van der Waals surface area contributed by atoms with Crippen molar-refractivity contribution < 1.29 is 17.6 Å². The molecule has 0 unspecified atom stereocenters. The summed E-state index contributed by atoms with van der Waals surface area (Å²) in [7, 11) is -2.33. The van der Waals surface area contributed by atoms with Gasteiger partial charge in [-0.1, -0.05) is 24.3 Å². The lowest BCUT2D eigenvalue weighted by atomic mass is 10.2. The third kappa shape index (κ3) is 4.48. The molecule has 1 aromatic heterocycles. The summed E-state index contributed by atoms with van der Waals surface area (Å²) < 4.78 is 44.0. The van der Waals surface area contributed by atoms with Crippen molar-refractivity contribution in [3.63, 3.8) is 0 Å². The van der Waals surface area contributed by atoms with E-state index in [4.69, 9.17) is 0 Å². The quantitative estimate of drug-likeness (QED) is 0.440. The highest BCUT2D eigenvalue weighted by Gasteiger charge is 2.21. The second-order valence-electron chi connectivity index (χ2n) is 7.53. The van der Waals surface area contributed by atoms with E-state index in [0.717, 1.165) is 12.1 Å². The maximum Gasteiger partial charge on any atom is 0.295 e. The van der Waals surface area contributed by atoms with Crippen LogP contribution in [0.4, 0.5) is 15.8 Å². The van der Waals surface area contributed by atoms with Crippen LogP contribution in [0.1, 0.15) is 16.1 Å². The molecule has 0 spiro atoms. The van der Waals surface area contributed by atoms with Gasteiger partial charge in [0, 0.05) is 18.3 Å². The van der Waals surface area contributed by atoms with Crippen LogP contribution in [0.2, 0.25) is 0 Å². The van der Waals surface area contributed by atoms with Crippen molar-refractivity contribution >= 4 is 27.3 Å². The number of sulfonamides is 1. The SMILES string of the molecule is Cc1c(NC(=O)c2cccc(S(=O)(=O)Nc3ccc(F)cc3)c2)c(=O)n(-c2ccccc2)n1C. The van der Waals surface area contributed by atoms with Crippen molar-refractivity contribution in [1.29, 1.82) is 0 Å². The minimum absolute atomic E-state index is 0.0518. The molecule has 0 bridgehead atoms. The Balaban J connectivity index is 1.61. The molecule has 0 aliphatic carbocycles. The highest BCUT2D eigenvalue weighted by Crippen LogP contribution is 2.19. The lowest BCUT2D eigenvalue weighted by Gasteiger charge is -2.10. The lowest BCUT2D eigenvalue weighted by molar-refractivity contribution is 0.102. The number of carbonyl (C=O) groups is 1. The Hall–Kier alpha value is -4.18. The van der Waals surface area contributed by atoms with E-state index in [1.165, 1.54) is 41.1 Å². The van der Waals surface area contributed by atoms with Crippen LogP contribution < -0.4 is 15.6 Å². The lowest BCUT2D eigenvalue weighted by Crippen LogP contribution is -2.23. The monoisotopic (exact) mass is 480 g/mol. The summed E-state index contributed by atoms with van der Waals surface area (Å²) in [5, 5.41) is 2.61. The summed E-state index contributed by atoms with van der Waals surface area (Å²) in [6, 6.07) is 19.2. The maximum absolute atomic E-state index is 13.1. The molecule has 2 N–H and O–H groups in total. The van der Waals surface area contributed by atoms with Crippen molar-refractivity contribution in [1.82, 2.24) is 9.36 Å². The molecule has 34 heavy (non-hydrogen) atoms. The zero-order valence-electron chi connectivity index (χ0n) is 18.3. The summed E-state index contributed by atoms with van der Waals surface area (Å²) in [4.78, 5) is 25.8. The molecule has 4 rings (SSSR count). The van der Waals surface area contributed by atoms with E-state index < -0.39 is 27.3 Å². The van der Waals surface area contributed by atoms with Crippen LogP contribution in [-0.4, -0.2) is 23.7 Å². The maximum atomic E-state index is 13.1. The van der Waals surface area contributed by atoms with Gasteiger partial charge in [0.1, 0.15) is 11.5 Å². The number of benzene rings is 3. The van der Waals surface area contributed by atoms with E-state index in [-0.39, 0.29) is 21.8 Å². The van der Waals surface area contributed by atoms with Crippen LogP contribution in [-0.2, 0) is 17.1 Å². The Kier molecular flexibility index (Phi) is 6.08. The Labute approximate surface area is 195 Å². The van der Waals surface area contributed by atoms with Crippen molar-refractivity contribution in [3.8, 4) is 5.69 Å². The molecular formula is C24H21FN4O4S. The number of amides is 1. The Morgan fingerprint density at radius 2 is 1.62 bits per heavy atom. The molecule has 1 amide bonds. The van der Waals surface area contributed by atoms with Crippen LogP contribution >= 0.6 is 0 Å². The average molecular weight is 481 g/mol. The van der Waals surface area contributed by atoms with Crippen molar-refractivity contribution in [2.45, 2.75) is 11.8 Å². The minimum Gasteiger partial charge on any atom is -0.316 e. The molecule has 0 aliphatic rings. The highest BCUT2D eigenvalue weighted by molar-refractivity contribution is 7.92. The van der Waals surface area contributed by atoms with Gasteiger partial charge in [0.25, 0.3) is 21.5 Å². The first kappa shape index (κ1) is 23.0. The summed E-state index contributed by atoms with van der Waals surface area (Å²) in [6.45, 7) is 1.70. The van der Waals surface area contributed by atoms with Gasteiger partial charge in [-0.05, 0) is 61.5 Å². The molecule has 0 saturated carbocycles. The van der Waals surface area contributed by atoms with Crippen LogP contribution in [0.3, 0.4) is 0 Å². The third-order valence-electron chi connectivity index (χ3n) is 5.30. The van der Waals surface area contributed by atoms with Gasteiger partial charge >= 0.3 is 0 Å². The van der Waals surface area contributed by atoms with Gasteiger partial charge in [0.05, 0.1) is 16.3 Å². The van der Waals surface area contributed by atoms with Gasteiger partial charge < -0.3 is 5.32 Å². The van der Waals surface area contributed by atoms with E-state index in [2.05, 4.69) is 10.0 Å². The number of halogens is 1.